The van der Waals surface area contributed by atoms with Gasteiger partial charge in [0, 0.05) is 23.9 Å². The van der Waals surface area contributed by atoms with Gasteiger partial charge in [-0.15, -0.1) is 0 Å². The number of nitrogen functional groups attached to an aromatic ring is 2. The smallest absolute Gasteiger partial charge is 0.133 e. The largest absolute Gasteiger partial charge is 0.397 e. The second kappa shape index (κ2) is 4.01. The Hall–Kier alpha value is -2.04. The summed E-state index contributed by atoms with van der Waals surface area (Å²) in [5, 5.41) is 4.24. The Balaban J connectivity index is 1.93. The van der Waals surface area contributed by atoms with E-state index in [4.69, 9.17) is 11.5 Å². The highest BCUT2D eigenvalue weighted by atomic mass is 19.1. The minimum atomic E-state index is -0.368. The van der Waals surface area contributed by atoms with Gasteiger partial charge in [-0.3, -0.25) is 4.68 Å². The van der Waals surface area contributed by atoms with Gasteiger partial charge in [0.2, 0.25) is 0 Å². The van der Waals surface area contributed by atoms with E-state index >= 15 is 0 Å². The average Bonchev–Trinajstić information content (AvgIpc) is 3.01. The van der Waals surface area contributed by atoms with Crippen LogP contribution in [0.25, 0.3) is 11.1 Å². The molecule has 1 saturated carbocycles. The number of rotatable bonds is 3. The molecule has 0 amide bonds. The van der Waals surface area contributed by atoms with Crippen molar-refractivity contribution in [1.29, 1.82) is 0 Å². The summed E-state index contributed by atoms with van der Waals surface area (Å²) in [5.74, 6) is 0.367. The van der Waals surface area contributed by atoms with Crippen LogP contribution in [-0.2, 0) is 6.54 Å². The fourth-order valence-corrected chi connectivity index (χ4v) is 1.99. The fraction of sp³-hybridized carbons (Fsp3) is 0.308. The first-order valence-corrected chi connectivity index (χ1v) is 6.01. The molecule has 1 aliphatic carbocycles. The standard InChI is InChI=1S/C13H15FN4/c14-11-4-13(16)12(15)3-10(11)9-5-17-18(7-9)6-8-1-2-8/h3-5,7-8H,1-2,6,15-16H2. The number of benzene rings is 1. The van der Waals surface area contributed by atoms with Crippen molar-refractivity contribution >= 4 is 11.4 Å². The van der Waals surface area contributed by atoms with E-state index in [2.05, 4.69) is 5.10 Å². The van der Waals surface area contributed by atoms with Gasteiger partial charge < -0.3 is 11.5 Å². The number of aromatic nitrogens is 2. The molecule has 1 fully saturated rings. The minimum absolute atomic E-state index is 0.265. The summed E-state index contributed by atoms with van der Waals surface area (Å²) < 4.78 is 15.7. The lowest BCUT2D eigenvalue weighted by Crippen LogP contribution is -1.99. The second-order valence-corrected chi connectivity index (χ2v) is 4.86. The lowest BCUT2D eigenvalue weighted by Gasteiger charge is -2.05. The van der Waals surface area contributed by atoms with Gasteiger partial charge in [-0.05, 0) is 30.9 Å². The molecule has 3 rings (SSSR count). The van der Waals surface area contributed by atoms with Gasteiger partial charge >= 0.3 is 0 Å². The molecule has 0 aliphatic heterocycles. The van der Waals surface area contributed by atoms with Crippen molar-refractivity contribution in [2.24, 2.45) is 5.92 Å². The van der Waals surface area contributed by atoms with E-state index < -0.39 is 0 Å². The maximum Gasteiger partial charge on any atom is 0.133 e. The molecule has 0 saturated heterocycles. The van der Waals surface area contributed by atoms with Crippen molar-refractivity contribution in [3.8, 4) is 11.1 Å². The first kappa shape index (κ1) is 11.1. The van der Waals surface area contributed by atoms with Crippen LogP contribution in [0.3, 0.4) is 0 Å². The molecule has 4 nitrogen and oxygen atoms in total. The molecule has 1 aromatic carbocycles. The Bertz CT molecular complexity index is 587. The predicted molar refractivity (Wildman–Crippen MR) is 69.2 cm³/mol. The van der Waals surface area contributed by atoms with E-state index in [1.807, 2.05) is 10.9 Å². The van der Waals surface area contributed by atoms with Crippen molar-refractivity contribution in [2.45, 2.75) is 19.4 Å². The molecular formula is C13H15FN4. The van der Waals surface area contributed by atoms with E-state index in [0.717, 1.165) is 18.0 Å². The Labute approximate surface area is 104 Å². The van der Waals surface area contributed by atoms with Crippen LogP contribution in [0.1, 0.15) is 12.8 Å². The van der Waals surface area contributed by atoms with Crippen LogP contribution in [0.4, 0.5) is 15.8 Å². The van der Waals surface area contributed by atoms with Gasteiger partial charge in [0.05, 0.1) is 17.6 Å². The van der Waals surface area contributed by atoms with Crippen LogP contribution in [0.5, 0.6) is 0 Å². The third kappa shape index (κ3) is 2.03. The molecule has 1 aliphatic rings. The zero-order chi connectivity index (χ0) is 12.7. The van der Waals surface area contributed by atoms with E-state index in [9.17, 15) is 4.39 Å². The van der Waals surface area contributed by atoms with Crippen molar-refractivity contribution in [3.63, 3.8) is 0 Å². The minimum Gasteiger partial charge on any atom is -0.397 e. The summed E-state index contributed by atoms with van der Waals surface area (Å²) >= 11 is 0. The molecule has 0 radical (unpaired) electrons. The molecular weight excluding hydrogens is 231 g/mol. The van der Waals surface area contributed by atoms with Crippen LogP contribution in [0.15, 0.2) is 24.5 Å². The Morgan fingerprint density at radius 2 is 2.00 bits per heavy atom. The number of nitrogens with two attached hydrogens (primary N) is 2. The maximum absolute atomic E-state index is 13.8. The quantitative estimate of drug-likeness (QED) is 0.816. The third-order valence-corrected chi connectivity index (χ3v) is 3.26. The molecule has 0 atom stereocenters. The number of hydrogen-bond acceptors (Lipinski definition) is 3. The molecule has 94 valence electrons. The Morgan fingerprint density at radius 3 is 2.72 bits per heavy atom. The zero-order valence-electron chi connectivity index (χ0n) is 9.94. The summed E-state index contributed by atoms with van der Waals surface area (Å²) in [5.41, 5.74) is 13.1. The Morgan fingerprint density at radius 1 is 1.28 bits per heavy atom. The van der Waals surface area contributed by atoms with Gasteiger partial charge in [0.15, 0.2) is 0 Å². The first-order chi connectivity index (χ1) is 8.63. The third-order valence-electron chi connectivity index (χ3n) is 3.26. The molecule has 4 N–H and O–H groups in total. The molecule has 0 bridgehead atoms. The van der Waals surface area contributed by atoms with Crippen LogP contribution in [0, 0.1) is 11.7 Å². The van der Waals surface area contributed by atoms with E-state index in [1.165, 1.54) is 18.9 Å². The number of nitrogens with zero attached hydrogens (tertiary/aromatic N) is 2. The van der Waals surface area contributed by atoms with Crippen LogP contribution in [-0.4, -0.2) is 9.78 Å². The predicted octanol–water partition coefficient (Wildman–Crippen LogP) is 2.26. The van der Waals surface area contributed by atoms with Gasteiger partial charge in [-0.2, -0.15) is 5.10 Å². The number of hydrogen-bond donors (Lipinski definition) is 2. The molecule has 18 heavy (non-hydrogen) atoms. The molecule has 1 heterocycles. The SMILES string of the molecule is Nc1cc(F)c(-c2cnn(CC3CC3)c2)cc1N. The van der Waals surface area contributed by atoms with E-state index in [1.54, 1.807) is 12.3 Å². The summed E-state index contributed by atoms with van der Waals surface area (Å²) in [7, 11) is 0. The summed E-state index contributed by atoms with van der Waals surface area (Å²) in [6.45, 7) is 0.909. The highest BCUT2D eigenvalue weighted by Crippen LogP contribution is 2.32. The fourth-order valence-electron chi connectivity index (χ4n) is 1.99. The lowest BCUT2D eigenvalue weighted by molar-refractivity contribution is 0.563. The summed E-state index contributed by atoms with van der Waals surface area (Å²) in [4.78, 5) is 0. The van der Waals surface area contributed by atoms with E-state index in [-0.39, 0.29) is 11.5 Å². The van der Waals surface area contributed by atoms with Crippen molar-refractivity contribution < 1.29 is 4.39 Å². The molecule has 0 unspecified atom stereocenters. The van der Waals surface area contributed by atoms with Gasteiger partial charge in [-0.1, -0.05) is 0 Å². The van der Waals surface area contributed by atoms with Gasteiger partial charge in [0.25, 0.3) is 0 Å². The average molecular weight is 246 g/mol. The molecule has 0 spiro atoms. The zero-order valence-corrected chi connectivity index (χ0v) is 9.94. The highest BCUT2D eigenvalue weighted by molar-refractivity contribution is 5.74. The lowest BCUT2D eigenvalue weighted by atomic mass is 10.1. The molecule has 5 heteroatoms. The van der Waals surface area contributed by atoms with Crippen LogP contribution in [0.2, 0.25) is 0 Å². The van der Waals surface area contributed by atoms with Crippen molar-refractivity contribution in [3.05, 3.63) is 30.3 Å². The second-order valence-electron chi connectivity index (χ2n) is 4.86. The van der Waals surface area contributed by atoms with Crippen LogP contribution >= 0.6 is 0 Å². The highest BCUT2D eigenvalue weighted by Gasteiger charge is 2.22. The number of anilines is 2. The normalized spacial score (nSPS) is 14.9. The van der Waals surface area contributed by atoms with Crippen molar-refractivity contribution in [1.82, 2.24) is 9.78 Å². The van der Waals surface area contributed by atoms with E-state index in [0.29, 0.717) is 11.3 Å². The summed E-state index contributed by atoms with van der Waals surface area (Å²) in [6, 6.07) is 2.81. The molecule has 1 aromatic heterocycles. The topological polar surface area (TPSA) is 69.9 Å². The van der Waals surface area contributed by atoms with Crippen LogP contribution < -0.4 is 11.5 Å². The summed E-state index contributed by atoms with van der Waals surface area (Å²) in [6.07, 6.45) is 6.04. The molecule has 2 aromatic rings. The first-order valence-electron chi connectivity index (χ1n) is 6.01. The van der Waals surface area contributed by atoms with Gasteiger partial charge in [0.1, 0.15) is 5.82 Å². The monoisotopic (exact) mass is 246 g/mol. The Kier molecular flexibility index (Phi) is 2.47. The van der Waals surface area contributed by atoms with Crippen molar-refractivity contribution in [2.75, 3.05) is 11.5 Å². The van der Waals surface area contributed by atoms with Gasteiger partial charge in [-0.25, -0.2) is 4.39 Å². The maximum atomic E-state index is 13.8. The number of halogens is 1.